The molecule has 2 aromatic rings. The summed E-state index contributed by atoms with van der Waals surface area (Å²) >= 11 is 1.42. The first-order valence-corrected chi connectivity index (χ1v) is 12.2. The lowest BCUT2D eigenvalue weighted by Crippen LogP contribution is -2.28. The zero-order chi connectivity index (χ0) is 22.6. The van der Waals surface area contributed by atoms with Crippen LogP contribution in [0.3, 0.4) is 0 Å². The van der Waals surface area contributed by atoms with E-state index in [9.17, 15) is 18.0 Å². The van der Waals surface area contributed by atoms with Crippen molar-refractivity contribution in [2.45, 2.75) is 34.8 Å². The Morgan fingerprint density at radius 3 is 2.55 bits per heavy atom. The average molecular weight is 465 g/mol. The highest BCUT2D eigenvalue weighted by Gasteiger charge is 2.27. The van der Waals surface area contributed by atoms with Gasteiger partial charge in [0.2, 0.25) is 11.8 Å². The van der Waals surface area contributed by atoms with Crippen LogP contribution in [-0.4, -0.2) is 45.5 Å². The van der Waals surface area contributed by atoms with E-state index < -0.39 is 15.7 Å². The van der Waals surface area contributed by atoms with Gasteiger partial charge in [-0.2, -0.15) is 0 Å². The van der Waals surface area contributed by atoms with Crippen LogP contribution in [-0.2, 0) is 19.4 Å². The summed E-state index contributed by atoms with van der Waals surface area (Å²) in [6, 6.07) is 9.54. The number of hydrogen-bond donors (Lipinski definition) is 2. The number of methoxy groups -OCH3 is 2. The van der Waals surface area contributed by atoms with Crippen LogP contribution >= 0.6 is 11.8 Å². The number of thioether (sulfide) groups is 1. The number of nitrogens with one attached hydrogen (secondary N) is 2. The van der Waals surface area contributed by atoms with E-state index in [1.807, 2.05) is 6.92 Å². The molecule has 8 nitrogen and oxygen atoms in total. The smallest absolute Gasteiger partial charge is 0.237 e. The van der Waals surface area contributed by atoms with Crippen LogP contribution in [0.15, 0.2) is 46.2 Å². The van der Waals surface area contributed by atoms with Gasteiger partial charge in [0, 0.05) is 23.1 Å². The fourth-order valence-corrected chi connectivity index (χ4v) is 5.36. The number of carbonyl (C=O) groups is 2. The van der Waals surface area contributed by atoms with Gasteiger partial charge in [-0.1, -0.05) is 6.92 Å². The van der Waals surface area contributed by atoms with Crippen molar-refractivity contribution in [2.24, 2.45) is 0 Å². The molecule has 0 unspecified atom stereocenters. The van der Waals surface area contributed by atoms with Gasteiger partial charge < -0.3 is 20.1 Å². The maximum Gasteiger partial charge on any atom is 0.237 e. The number of rotatable bonds is 8. The molecule has 1 atom stereocenters. The number of anilines is 2. The van der Waals surface area contributed by atoms with Crippen LogP contribution in [0, 0.1) is 0 Å². The molecular formula is C21H24N2O6S2. The number of ether oxygens (including phenoxy) is 2. The molecule has 0 saturated carbocycles. The molecule has 0 saturated heterocycles. The molecule has 1 aliphatic heterocycles. The largest absolute Gasteiger partial charge is 0.493 e. The van der Waals surface area contributed by atoms with Crippen LogP contribution in [0.25, 0.3) is 0 Å². The first kappa shape index (κ1) is 23.0. The molecule has 0 spiro atoms. The Hall–Kier alpha value is -2.72. The molecule has 0 bridgehead atoms. The van der Waals surface area contributed by atoms with Crippen LogP contribution in [0.5, 0.6) is 11.5 Å². The topological polar surface area (TPSA) is 111 Å². The molecule has 31 heavy (non-hydrogen) atoms. The van der Waals surface area contributed by atoms with E-state index in [2.05, 4.69) is 10.6 Å². The van der Waals surface area contributed by atoms with Crippen molar-refractivity contribution in [3.63, 3.8) is 0 Å². The number of benzene rings is 2. The Bertz CT molecular complexity index is 1100. The monoisotopic (exact) mass is 464 g/mol. The van der Waals surface area contributed by atoms with E-state index in [1.165, 1.54) is 38.1 Å². The lowest BCUT2D eigenvalue weighted by molar-refractivity contribution is -0.116. The minimum atomic E-state index is -3.71. The van der Waals surface area contributed by atoms with E-state index >= 15 is 0 Å². The van der Waals surface area contributed by atoms with Gasteiger partial charge in [-0.05, 0) is 36.8 Å². The van der Waals surface area contributed by atoms with Crippen molar-refractivity contribution in [3.8, 4) is 11.5 Å². The molecule has 3 rings (SSSR count). The van der Waals surface area contributed by atoms with E-state index in [1.54, 1.807) is 24.3 Å². The highest BCUT2D eigenvalue weighted by atomic mass is 32.2. The maximum absolute atomic E-state index is 12.7. The standard InChI is InChI=1S/C21H24N2O6S2/c1-4-18-21(25)23-15-12-14(6-8-19(15)30-18)31(26,27)10-9-20(24)22-13-5-7-16(28-2)17(11-13)29-3/h5-8,11-12,18H,4,9-10H2,1-3H3,(H,22,24)(H,23,25)/t18-/m1/s1. The van der Waals surface area contributed by atoms with E-state index in [-0.39, 0.29) is 28.2 Å². The summed E-state index contributed by atoms with van der Waals surface area (Å²) in [5, 5.41) is 5.24. The van der Waals surface area contributed by atoms with Crippen LogP contribution in [0.4, 0.5) is 11.4 Å². The van der Waals surface area contributed by atoms with E-state index in [0.29, 0.717) is 29.3 Å². The molecule has 0 fully saturated rings. The van der Waals surface area contributed by atoms with E-state index in [0.717, 1.165) is 4.90 Å². The quantitative estimate of drug-likeness (QED) is 0.616. The lowest BCUT2D eigenvalue weighted by atomic mass is 10.2. The molecule has 0 radical (unpaired) electrons. The Balaban J connectivity index is 1.66. The molecule has 166 valence electrons. The van der Waals surface area contributed by atoms with Gasteiger partial charge in [-0.25, -0.2) is 8.42 Å². The number of hydrogen-bond acceptors (Lipinski definition) is 7. The maximum atomic E-state index is 12.7. The van der Waals surface area contributed by atoms with Gasteiger partial charge in [0.25, 0.3) is 0 Å². The minimum Gasteiger partial charge on any atom is -0.493 e. The molecule has 2 aromatic carbocycles. The summed E-state index contributed by atoms with van der Waals surface area (Å²) in [7, 11) is -0.715. The summed E-state index contributed by atoms with van der Waals surface area (Å²) in [4.78, 5) is 25.3. The molecule has 2 N–H and O–H groups in total. The predicted molar refractivity (Wildman–Crippen MR) is 120 cm³/mol. The lowest BCUT2D eigenvalue weighted by Gasteiger charge is -2.23. The molecule has 2 amide bonds. The van der Waals surface area contributed by atoms with Crippen molar-refractivity contribution in [1.29, 1.82) is 0 Å². The Kier molecular flexibility index (Phi) is 7.11. The van der Waals surface area contributed by atoms with Gasteiger partial charge in [0.05, 0.1) is 35.8 Å². The van der Waals surface area contributed by atoms with Gasteiger partial charge >= 0.3 is 0 Å². The Morgan fingerprint density at radius 2 is 1.87 bits per heavy atom. The third kappa shape index (κ3) is 5.31. The molecule has 1 aliphatic rings. The van der Waals surface area contributed by atoms with Crippen molar-refractivity contribution in [1.82, 2.24) is 0 Å². The summed E-state index contributed by atoms with van der Waals surface area (Å²) in [6.45, 7) is 1.92. The second-order valence-electron chi connectivity index (χ2n) is 6.85. The minimum absolute atomic E-state index is 0.0704. The first-order chi connectivity index (χ1) is 14.8. The molecule has 0 aliphatic carbocycles. The average Bonchev–Trinajstić information content (AvgIpc) is 2.76. The zero-order valence-electron chi connectivity index (χ0n) is 17.4. The summed E-state index contributed by atoms with van der Waals surface area (Å²) in [6.07, 6.45) is 0.470. The molecule has 10 heteroatoms. The summed E-state index contributed by atoms with van der Waals surface area (Å²) in [5.74, 6) is 0.0364. The number of sulfone groups is 1. The summed E-state index contributed by atoms with van der Waals surface area (Å²) < 4.78 is 35.8. The number of amides is 2. The predicted octanol–water partition coefficient (Wildman–Crippen LogP) is 3.33. The highest BCUT2D eigenvalue weighted by molar-refractivity contribution is 8.01. The van der Waals surface area contributed by atoms with Crippen LogP contribution < -0.4 is 20.1 Å². The van der Waals surface area contributed by atoms with Crippen molar-refractivity contribution in [2.75, 3.05) is 30.6 Å². The molecular weight excluding hydrogens is 440 g/mol. The Morgan fingerprint density at radius 1 is 1.13 bits per heavy atom. The van der Waals surface area contributed by atoms with Crippen LogP contribution in [0.1, 0.15) is 19.8 Å². The summed E-state index contributed by atoms with van der Waals surface area (Å²) in [5.41, 5.74) is 0.953. The highest BCUT2D eigenvalue weighted by Crippen LogP contribution is 2.38. The SMILES string of the molecule is CC[C@H]1Sc2ccc(S(=O)(=O)CCC(=O)Nc3ccc(OC)c(OC)c3)cc2NC1=O. The normalized spacial score (nSPS) is 15.6. The number of carbonyl (C=O) groups excluding carboxylic acids is 2. The van der Waals surface area contributed by atoms with Gasteiger partial charge in [0.15, 0.2) is 21.3 Å². The number of fused-ring (bicyclic) bond motifs is 1. The molecule has 0 aromatic heterocycles. The third-order valence-corrected chi connectivity index (χ3v) is 7.92. The second kappa shape index (κ2) is 9.61. The van der Waals surface area contributed by atoms with Crippen molar-refractivity contribution >= 4 is 44.8 Å². The van der Waals surface area contributed by atoms with Gasteiger partial charge in [-0.3, -0.25) is 9.59 Å². The third-order valence-electron chi connectivity index (χ3n) is 4.77. The Labute approximate surface area is 185 Å². The second-order valence-corrected chi connectivity index (χ2v) is 10.2. The van der Waals surface area contributed by atoms with E-state index in [4.69, 9.17) is 9.47 Å². The zero-order valence-corrected chi connectivity index (χ0v) is 19.1. The van der Waals surface area contributed by atoms with Crippen molar-refractivity contribution < 1.29 is 27.5 Å². The van der Waals surface area contributed by atoms with Crippen molar-refractivity contribution in [3.05, 3.63) is 36.4 Å². The van der Waals surface area contributed by atoms with Gasteiger partial charge in [0.1, 0.15) is 0 Å². The molecule has 1 heterocycles. The fraction of sp³-hybridized carbons (Fsp3) is 0.333. The first-order valence-electron chi connectivity index (χ1n) is 9.63. The fourth-order valence-electron chi connectivity index (χ4n) is 3.07. The van der Waals surface area contributed by atoms with Gasteiger partial charge in [-0.15, -0.1) is 11.8 Å². The van der Waals surface area contributed by atoms with Crippen LogP contribution in [0.2, 0.25) is 0 Å².